The molecule has 3 N–H and O–H groups in total. The summed E-state index contributed by atoms with van der Waals surface area (Å²) >= 11 is 0. The van der Waals surface area contributed by atoms with Crippen LogP contribution < -0.4 is 5.73 Å². The molecule has 34 heavy (non-hydrogen) atoms. The summed E-state index contributed by atoms with van der Waals surface area (Å²) in [6, 6.07) is 13.1. The number of aliphatic hydroxyl groups is 1. The van der Waals surface area contributed by atoms with E-state index in [4.69, 9.17) is 15.0 Å². The van der Waals surface area contributed by atoms with E-state index in [0.29, 0.717) is 23.8 Å². The highest BCUT2D eigenvalue weighted by Crippen LogP contribution is 2.22. The van der Waals surface area contributed by atoms with Crippen molar-refractivity contribution in [3.63, 3.8) is 0 Å². The van der Waals surface area contributed by atoms with Gasteiger partial charge in [0.15, 0.2) is 5.76 Å². The fourth-order valence-corrected chi connectivity index (χ4v) is 3.18. The van der Waals surface area contributed by atoms with Gasteiger partial charge in [-0.25, -0.2) is 4.98 Å². The number of aliphatic hydroxyl groups excluding tert-OH is 1. The first-order valence-electron chi connectivity index (χ1n) is 10.6. The maximum Gasteiger partial charge on any atom is 0.320 e. The van der Waals surface area contributed by atoms with Gasteiger partial charge in [0, 0.05) is 41.3 Å². The lowest BCUT2D eigenvalue weighted by Crippen LogP contribution is -2.16. The molecule has 0 saturated heterocycles. The molecule has 3 aromatic heterocycles. The van der Waals surface area contributed by atoms with E-state index in [0.717, 1.165) is 22.4 Å². The Balaban J connectivity index is 1.38. The predicted octanol–water partition coefficient (Wildman–Crippen LogP) is 2.44. The summed E-state index contributed by atoms with van der Waals surface area (Å²) in [4.78, 5) is 19.5. The number of pyridine rings is 1. The average Bonchev–Trinajstić information content (AvgIpc) is 3.52. The van der Waals surface area contributed by atoms with Crippen LogP contribution in [0.25, 0.3) is 11.3 Å². The quantitative estimate of drug-likeness (QED) is 0.320. The number of nitrogens with zero attached hydrogens (tertiary/aromatic N) is 4. The highest BCUT2D eigenvalue weighted by Gasteiger charge is 2.12. The molecule has 1 unspecified atom stereocenters. The van der Waals surface area contributed by atoms with Gasteiger partial charge in [0.25, 0.3) is 0 Å². The molecule has 9 heteroatoms. The van der Waals surface area contributed by atoms with Crippen LogP contribution in [-0.2, 0) is 22.7 Å². The summed E-state index contributed by atoms with van der Waals surface area (Å²) in [6.07, 6.45) is 4.41. The maximum absolute atomic E-state index is 11.1. The van der Waals surface area contributed by atoms with E-state index >= 15 is 0 Å². The largest absolute Gasteiger partial charge is 0.458 e. The maximum atomic E-state index is 11.1. The monoisotopic (exact) mass is 457 g/mol. The smallest absolute Gasteiger partial charge is 0.320 e. The molecule has 172 valence electrons. The van der Waals surface area contributed by atoms with Crippen LogP contribution in [0.3, 0.4) is 0 Å². The zero-order chi connectivity index (χ0) is 23.9. The van der Waals surface area contributed by atoms with Crippen LogP contribution in [0.5, 0.6) is 0 Å². The molecule has 9 nitrogen and oxygen atoms in total. The molecule has 4 rings (SSSR count). The summed E-state index contributed by atoms with van der Waals surface area (Å²) < 4.78 is 12.3. The van der Waals surface area contributed by atoms with Gasteiger partial charge in [-0.3, -0.25) is 9.78 Å². The molecule has 0 radical (unpaired) electrons. The van der Waals surface area contributed by atoms with Crippen molar-refractivity contribution in [2.75, 3.05) is 6.54 Å². The van der Waals surface area contributed by atoms with Crippen molar-refractivity contribution in [1.29, 1.82) is 0 Å². The van der Waals surface area contributed by atoms with Gasteiger partial charge in [0.2, 0.25) is 0 Å². The molecular formula is C25H23N5O4. The Morgan fingerprint density at radius 3 is 2.62 bits per heavy atom. The summed E-state index contributed by atoms with van der Waals surface area (Å²) in [5.41, 5.74) is 9.02. The van der Waals surface area contributed by atoms with Crippen LogP contribution in [0, 0.1) is 11.8 Å². The molecule has 1 atom stereocenters. The van der Waals surface area contributed by atoms with E-state index in [1.165, 1.54) is 0 Å². The fourth-order valence-electron chi connectivity index (χ4n) is 3.18. The lowest BCUT2D eigenvalue weighted by molar-refractivity contribution is -0.143. The van der Waals surface area contributed by atoms with E-state index in [1.807, 2.05) is 41.0 Å². The minimum Gasteiger partial charge on any atom is -0.458 e. The van der Waals surface area contributed by atoms with Gasteiger partial charge >= 0.3 is 5.97 Å². The zero-order valence-electron chi connectivity index (χ0n) is 18.5. The number of aromatic nitrogens is 4. The van der Waals surface area contributed by atoms with Crippen molar-refractivity contribution in [3.8, 4) is 23.2 Å². The van der Waals surface area contributed by atoms with Crippen molar-refractivity contribution < 1.29 is 19.2 Å². The van der Waals surface area contributed by atoms with Crippen LogP contribution in [0.1, 0.15) is 41.4 Å². The Morgan fingerprint density at radius 1 is 1.15 bits per heavy atom. The van der Waals surface area contributed by atoms with Gasteiger partial charge < -0.3 is 24.7 Å². The van der Waals surface area contributed by atoms with Crippen molar-refractivity contribution >= 4 is 5.97 Å². The fraction of sp³-hybridized carbons (Fsp3) is 0.200. The predicted molar refractivity (Wildman–Crippen MR) is 123 cm³/mol. The number of esters is 1. The number of benzene rings is 1. The normalized spacial score (nSPS) is 11.5. The van der Waals surface area contributed by atoms with Gasteiger partial charge in [-0.1, -0.05) is 17.0 Å². The number of ether oxygens (including phenoxy) is 1. The highest BCUT2D eigenvalue weighted by atomic mass is 16.5. The van der Waals surface area contributed by atoms with Gasteiger partial charge in [-0.05, 0) is 43.3 Å². The van der Waals surface area contributed by atoms with Gasteiger partial charge in [0.05, 0.1) is 18.8 Å². The van der Waals surface area contributed by atoms with Crippen LogP contribution in [0.15, 0.2) is 65.6 Å². The molecule has 1 aromatic carbocycles. The number of hydrogen-bond acceptors (Lipinski definition) is 8. The standard InChI is InChI=1S/C25H23N5O4/c1-17(31)25-27-10-11-30(25)15-22-12-23(34-29-22)20-7-4-18(5-8-20)2-3-19-6-9-21(28-14-19)16-33-24(32)13-26/h4-12,14,17,31H,13,15-16,26H2,1H3. The summed E-state index contributed by atoms with van der Waals surface area (Å²) in [6.45, 7) is 2.05. The molecule has 0 spiro atoms. The Morgan fingerprint density at radius 2 is 1.91 bits per heavy atom. The van der Waals surface area contributed by atoms with Gasteiger partial charge in [-0.2, -0.15) is 0 Å². The van der Waals surface area contributed by atoms with Crippen LogP contribution in [0.4, 0.5) is 0 Å². The molecule has 3 heterocycles. The second-order valence-corrected chi connectivity index (χ2v) is 7.50. The molecular weight excluding hydrogens is 434 g/mol. The number of rotatable bonds is 7. The summed E-state index contributed by atoms with van der Waals surface area (Å²) in [5.74, 6) is 6.90. The summed E-state index contributed by atoms with van der Waals surface area (Å²) in [7, 11) is 0. The first-order valence-corrected chi connectivity index (χ1v) is 10.6. The van der Waals surface area contributed by atoms with Crippen molar-refractivity contribution in [2.45, 2.75) is 26.2 Å². The second-order valence-electron chi connectivity index (χ2n) is 7.50. The number of carbonyl (C=O) groups excluding carboxylic acids is 1. The lowest BCUT2D eigenvalue weighted by Gasteiger charge is -2.07. The van der Waals surface area contributed by atoms with E-state index < -0.39 is 12.1 Å². The number of carbonyl (C=O) groups is 1. The minimum absolute atomic E-state index is 0.0819. The molecule has 0 aliphatic rings. The Bertz CT molecular complexity index is 1310. The van der Waals surface area contributed by atoms with Crippen molar-refractivity contribution in [2.24, 2.45) is 5.73 Å². The van der Waals surface area contributed by atoms with E-state index in [9.17, 15) is 9.90 Å². The van der Waals surface area contributed by atoms with Crippen LogP contribution in [-0.4, -0.2) is 37.3 Å². The molecule has 4 aromatic rings. The Labute approximate surface area is 196 Å². The Hall–Kier alpha value is -4.26. The number of imidazole rings is 1. The summed E-state index contributed by atoms with van der Waals surface area (Å²) in [5, 5.41) is 13.9. The Kier molecular flexibility index (Phi) is 7.13. The molecule has 0 aliphatic carbocycles. The highest BCUT2D eigenvalue weighted by molar-refractivity contribution is 5.71. The SMILES string of the molecule is CC(O)c1nccn1Cc1cc(-c2ccc(C#Cc3ccc(COC(=O)CN)nc3)cc2)on1. The first kappa shape index (κ1) is 22.9. The molecule has 0 amide bonds. The van der Waals surface area contributed by atoms with Gasteiger partial charge in [-0.15, -0.1) is 0 Å². The van der Waals surface area contributed by atoms with Gasteiger partial charge in [0.1, 0.15) is 24.2 Å². The topological polar surface area (TPSA) is 129 Å². The molecule has 0 saturated carbocycles. The third kappa shape index (κ3) is 5.75. The van der Waals surface area contributed by atoms with E-state index in [1.54, 1.807) is 31.6 Å². The van der Waals surface area contributed by atoms with E-state index in [-0.39, 0.29) is 13.2 Å². The first-order chi connectivity index (χ1) is 16.5. The van der Waals surface area contributed by atoms with Crippen molar-refractivity contribution in [1.82, 2.24) is 19.7 Å². The minimum atomic E-state index is -0.662. The third-order valence-electron chi connectivity index (χ3n) is 4.91. The molecule has 0 aliphatic heterocycles. The average molecular weight is 457 g/mol. The second kappa shape index (κ2) is 10.6. The molecule has 0 bridgehead atoms. The van der Waals surface area contributed by atoms with Crippen molar-refractivity contribution in [3.05, 3.63) is 89.4 Å². The third-order valence-corrected chi connectivity index (χ3v) is 4.91. The van der Waals surface area contributed by atoms with E-state index in [2.05, 4.69) is 27.0 Å². The lowest BCUT2D eigenvalue weighted by atomic mass is 10.1. The molecule has 0 fully saturated rings. The number of nitrogens with two attached hydrogens (primary N) is 1. The number of hydrogen-bond donors (Lipinski definition) is 2. The van der Waals surface area contributed by atoms with Crippen LogP contribution >= 0.6 is 0 Å². The zero-order valence-corrected chi connectivity index (χ0v) is 18.5. The van der Waals surface area contributed by atoms with Crippen LogP contribution in [0.2, 0.25) is 0 Å².